The lowest BCUT2D eigenvalue weighted by atomic mass is 10.3. The fourth-order valence-corrected chi connectivity index (χ4v) is 2.05. The van der Waals surface area contributed by atoms with Crippen LogP contribution in [0.3, 0.4) is 0 Å². The van der Waals surface area contributed by atoms with E-state index in [2.05, 4.69) is 25.9 Å². The zero-order valence-electron chi connectivity index (χ0n) is 5.74. The number of aromatic amines is 1. The number of aromatic nitrogens is 2. The predicted molar refractivity (Wildman–Crippen MR) is 53.8 cm³/mol. The SMILES string of the molecule is Clc1nc2c(Cl)cc(Br)cc2[nH]1. The summed E-state index contributed by atoms with van der Waals surface area (Å²) in [7, 11) is 0. The number of rotatable bonds is 0. The van der Waals surface area contributed by atoms with E-state index >= 15 is 0 Å². The molecule has 1 heterocycles. The Morgan fingerprint density at radius 3 is 2.83 bits per heavy atom. The van der Waals surface area contributed by atoms with Crippen LogP contribution in [0.5, 0.6) is 0 Å². The third-order valence-corrected chi connectivity index (χ3v) is 2.40. The van der Waals surface area contributed by atoms with Crippen LogP contribution in [0.25, 0.3) is 11.0 Å². The molecule has 0 fully saturated rings. The molecule has 62 valence electrons. The fourth-order valence-electron chi connectivity index (χ4n) is 1.01. The summed E-state index contributed by atoms with van der Waals surface area (Å²) < 4.78 is 0.903. The molecule has 5 heteroatoms. The third kappa shape index (κ3) is 1.32. The van der Waals surface area contributed by atoms with E-state index in [0.717, 1.165) is 9.99 Å². The number of imidazole rings is 1. The minimum atomic E-state index is 0.352. The van der Waals surface area contributed by atoms with Crippen molar-refractivity contribution in [2.45, 2.75) is 0 Å². The molecule has 0 saturated carbocycles. The highest BCUT2D eigenvalue weighted by Crippen LogP contribution is 2.27. The number of fused-ring (bicyclic) bond motifs is 1. The summed E-state index contributed by atoms with van der Waals surface area (Å²) in [5.74, 6) is 0. The van der Waals surface area contributed by atoms with Crippen molar-refractivity contribution in [2.24, 2.45) is 0 Å². The molecule has 0 aliphatic heterocycles. The van der Waals surface area contributed by atoms with Gasteiger partial charge in [-0.1, -0.05) is 27.5 Å². The number of benzene rings is 1. The number of hydrogen-bond acceptors (Lipinski definition) is 1. The van der Waals surface area contributed by atoms with E-state index in [1.54, 1.807) is 6.07 Å². The van der Waals surface area contributed by atoms with Gasteiger partial charge in [0.05, 0.1) is 10.5 Å². The molecular weight excluding hydrogens is 263 g/mol. The minimum Gasteiger partial charge on any atom is -0.328 e. The summed E-state index contributed by atoms with van der Waals surface area (Å²) in [5, 5.41) is 0.938. The van der Waals surface area contributed by atoms with Crippen LogP contribution in [0.2, 0.25) is 10.3 Å². The van der Waals surface area contributed by atoms with E-state index < -0.39 is 0 Å². The van der Waals surface area contributed by atoms with Crippen molar-refractivity contribution in [2.75, 3.05) is 0 Å². The molecular formula is C7H3BrCl2N2. The van der Waals surface area contributed by atoms with Gasteiger partial charge in [-0.15, -0.1) is 0 Å². The molecule has 2 aromatic rings. The van der Waals surface area contributed by atoms with Gasteiger partial charge in [-0.05, 0) is 23.7 Å². The second-order valence-corrected chi connectivity index (χ2v) is 3.99. The minimum absolute atomic E-state index is 0.352. The number of nitrogens with zero attached hydrogens (tertiary/aromatic N) is 1. The Morgan fingerprint density at radius 1 is 1.33 bits per heavy atom. The van der Waals surface area contributed by atoms with Gasteiger partial charge < -0.3 is 4.98 Å². The second kappa shape index (κ2) is 2.91. The molecule has 0 aliphatic carbocycles. The van der Waals surface area contributed by atoms with E-state index in [4.69, 9.17) is 23.2 Å². The summed E-state index contributed by atoms with van der Waals surface area (Å²) in [6.45, 7) is 0. The Kier molecular flexibility index (Phi) is 2.02. The fraction of sp³-hybridized carbons (Fsp3) is 0. The zero-order chi connectivity index (χ0) is 8.72. The number of halogens is 3. The van der Waals surface area contributed by atoms with Crippen molar-refractivity contribution in [1.29, 1.82) is 0 Å². The first-order valence-electron chi connectivity index (χ1n) is 3.17. The highest BCUT2D eigenvalue weighted by atomic mass is 79.9. The maximum absolute atomic E-state index is 5.90. The van der Waals surface area contributed by atoms with Gasteiger partial charge in [0, 0.05) is 4.47 Å². The number of nitrogens with one attached hydrogen (secondary N) is 1. The van der Waals surface area contributed by atoms with Crippen LogP contribution in [-0.4, -0.2) is 9.97 Å². The van der Waals surface area contributed by atoms with Gasteiger partial charge in [-0.25, -0.2) is 4.98 Å². The van der Waals surface area contributed by atoms with Crippen LogP contribution in [-0.2, 0) is 0 Å². The van der Waals surface area contributed by atoms with Crippen molar-refractivity contribution >= 4 is 50.2 Å². The van der Waals surface area contributed by atoms with Crippen LogP contribution in [0.4, 0.5) is 0 Å². The molecule has 1 aromatic heterocycles. The summed E-state index contributed by atoms with van der Waals surface area (Å²) in [5.41, 5.74) is 1.53. The molecule has 0 aliphatic rings. The lowest BCUT2D eigenvalue weighted by Crippen LogP contribution is -1.71. The summed E-state index contributed by atoms with van der Waals surface area (Å²) in [6, 6.07) is 3.65. The second-order valence-electron chi connectivity index (χ2n) is 2.31. The van der Waals surface area contributed by atoms with E-state index in [1.807, 2.05) is 6.07 Å². The van der Waals surface area contributed by atoms with Crippen LogP contribution in [0.1, 0.15) is 0 Å². The van der Waals surface area contributed by atoms with E-state index in [-0.39, 0.29) is 0 Å². The van der Waals surface area contributed by atoms with Crippen LogP contribution >= 0.6 is 39.1 Å². The highest BCUT2D eigenvalue weighted by molar-refractivity contribution is 9.10. The molecule has 2 rings (SSSR count). The molecule has 1 N–H and O–H groups in total. The Morgan fingerprint density at radius 2 is 2.08 bits per heavy atom. The van der Waals surface area contributed by atoms with Crippen LogP contribution in [0, 0.1) is 0 Å². The summed E-state index contributed by atoms with van der Waals surface area (Å²) >= 11 is 14.9. The predicted octanol–water partition coefficient (Wildman–Crippen LogP) is 3.63. The third-order valence-electron chi connectivity index (χ3n) is 1.48. The lowest BCUT2D eigenvalue weighted by Gasteiger charge is -1.92. The standard InChI is InChI=1S/C7H3BrCl2N2/c8-3-1-4(9)6-5(2-3)11-7(10)12-6/h1-2H,(H,11,12). The van der Waals surface area contributed by atoms with Gasteiger partial charge in [0.15, 0.2) is 0 Å². The molecule has 12 heavy (non-hydrogen) atoms. The van der Waals surface area contributed by atoms with Crippen LogP contribution < -0.4 is 0 Å². The van der Waals surface area contributed by atoms with Gasteiger partial charge in [0.1, 0.15) is 5.52 Å². The van der Waals surface area contributed by atoms with Gasteiger partial charge in [0.2, 0.25) is 5.28 Å². The monoisotopic (exact) mass is 264 g/mol. The van der Waals surface area contributed by atoms with Crippen molar-refractivity contribution in [3.8, 4) is 0 Å². The number of hydrogen-bond donors (Lipinski definition) is 1. The quantitative estimate of drug-likeness (QED) is 0.774. The molecule has 0 amide bonds. The van der Waals surface area contributed by atoms with Gasteiger partial charge >= 0.3 is 0 Å². The van der Waals surface area contributed by atoms with Gasteiger partial charge in [-0.3, -0.25) is 0 Å². The first-order valence-corrected chi connectivity index (χ1v) is 4.72. The average molecular weight is 266 g/mol. The molecule has 0 atom stereocenters. The largest absolute Gasteiger partial charge is 0.328 e. The van der Waals surface area contributed by atoms with E-state index in [9.17, 15) is 0 Å². The molecule has 2 nitrogen and oxygen atoms in total. The van der Waals surface area contributed by atoms with E-state index in [1.165, 1.54) is 0 Å². The van der Waals surface area contributed by atoms with Crippen molar-refractivity contribution < 1.29 is 0 Å². The Bertz CT molecular complexity index is 438. The first-order chi connectivity index (χ1) is 5.66. The number of H-pyrrole nitrogens is 1. The van der Waals surface area contributed by atoms with E-state index in [0.29, 0.717) is 15.8 Å². The molecule has 0 bridgehead atoms. The Hall–Kier alpha value is -0.250. The molecule has 1 aromatic carbocycles. The normalized spacial score (nSPS) is 10.9. The highest BCUT2D eigenvalue weighted by Gasteiger charge is 2.05. The average Bonchev–Trinajstić information content (AvgIpc) is 2.29. The zero-order valence-corrected chi connectivity index (χ0v) is 8.83. The van der Waals surface area contributed by atoms with Gasteiger partial charge in [0.25, 0.3) is 0 Å². The maximum atomic E-state index is 5.90. The summed E-state index contributed by atoms with van der Waals surface area (Å²) in [4.78, 5) is 6.89. The first kappa shape index (κ1) is 8.35. The smallest absolute Gasteiger partial charge is 0.201 e. The molecule has 0 spiro atoms. The van der Waals surface area contributed by atoms with Crippen molar-refractivity contribution in [1.82, 2.24) is 9.97 Å². The maximum Gasteiger partial charge on any atom is 0.201 e. The molecule has 0 radical (unpaired) electrons. The topological polar surface area (TPSA) is 28.7 Å². The molecule has 0 saturated heterocycles. The Labute approximate surface area is 87.0 Å². The molecule has 0 unspecified atom stereocenters. The Balaban J connectivity index is 2.88. The van der Waals surface area contributed by atoms with Gasteiger partial charge in [-0.2, -0.15) is 0 Å². The van der Waals surface area contributed by atoms with Crippen molar-refractivity contribution in [3.63, 3.8) is 0 Å². The lowest BCUT2D eigenvalue weighted by molar-refractivity contribution is 1.34. The van der Waals surface area contributed by atoms with Crippen LogP contribution in [0.15, 0.2) is 16.6 Å². The summed E-state index contributed by atoms with van der Waals surface area (Å²) in [6.07, 6.45) is 0. The van der Waals surface area contributed by atoms with Crippen molar-refractivity contribution in [3.05, 3.63) is 26.9 Å².